The number of aryl methyl sites for hydroxylation is 1. The first-order valence-corrected chi connectivity index (χ1v) is 6.98. The van der Waals surface area contributed by atoms with Gasteiger partial charge in [-0.3, -0.25) is 4.40 Å². The number of hydrogen-bond acceptors (Lipinski definition) is 3. The summed E-state index contributed by atoms with van der Waals surface area (Å²) in [6.45, 7) is 2.56. The van der Waals surface area contributed by atoms with Gasteiger partial charge < -0.3 is 9.64 Å². The molecule has 3 aromatic rings. The van der Waals surface area contributed by atoms with Crippen LogP contribution in [0.3, 0.4) is 0 Å². The van der Waals surface area contributed by atoms with Crippen molar-refractivity contribution in [2.45, 2.75) is 13.5 Å². The summed E-state index contributed by atoms with van der Waals surface area (Å²) < 4.78 is 8.02. The fourth-order valence-electron chi connectivity index (χ4n) is 2.53. The van der Waals surface area contributed by atoms with Crippen molar-refractivity contribution in [2.24, 2.45) is 0 Å². The molecular formula is C17H19N3O. The summed E-state index contributed by atoms with van der Waals surface area (Å²) in [6, 6.07) is 14.1. The summed E-state index contributed by atoms with van der Waals surface area (Å²) in [4.78, 5) is 6.71. The number of anilines is 1. The predicted octanol–water partition coefficient (Wildman–Crippen LogP) is 3.29. The quantitative estimate of drug-likeness (QED) is 0.735. The molecule has 21 heavy (non-hydrogen) atoms. The second-order valence-electron chi connectivity index (χ2n) is 5.26. The van der Waals surface area contributed by atoms with Crippen LogP contribution in [-0.4, -0.2) is 23.5 Å². The average molecular weight is 281 g/mol. The van der Waals surface area contributed by atoms with E-state index in [9.17, 15) is 0 Å². The number of imidazole rings is 1. The molecular weight excluding hydrogens is 262 g/mol. The molecule has 0 atom stereocenters. The Kier molecular flexibility index (Phi) is 3.52. The second-order valence-corrected chi connectivity index (χ2v) is 5.26. The molecule has 0 unspecified atom stereocenters. The number of pyridine rings is 1. The fourth-order valence-corrected chi connectivity index (χ4v) is 2.53. The molecule has 0 bridgehead atoms. The standard InChI is InChI=1S/C17H19N3O/c1-13-17(19(2)3)20-11-7-10-15(16(20)18-13)21-12-14-8-5-4-6-9-14/h4-11H,12H2,1-3H3. The van der Waals surface area contributed by atoms with E-state index >= 15 is 0 Å². The lowest BCUT2D eigenvalue weighted by Crippen LogP contribution is -2.12. The lowest BCUT2D eigenvalue weighted by molar-refractivity contribution is 0.308. The largest absolute Gasteiger partial charge is 0.485 e. The Morgan fingerprint density at radius 2 is 1.86 bits per heavy atom. The van der Waals surface area contributed by atoms with Gasteiger partial charge in [0.25, 0.3) is 0 Å². The average Bonchev–Trinajstić information content (AvgIpc) is 2.82. The summed E-state index contributed by atoms with van der Waals surface area (Å²) in [6.07, 6.45) is 2.01. The molecule has 108 valence electrons. The Hall–Kier alpha value is -2.49. The Morgan fingerprint density at radius 1 is 1.10 bits per heavy atom. The minimum atomic E-state index is 0.545. The molecule has 4 heteroatoms. The lowest BCUT2D eigenvalue weighted by atomic mass is 10.2. The van der Waals surface area contributed by atoms with Crippen LogP contribution in [0, 0.1) is 6.92 Å². The van der Waals surface area contributed by atoms with Gasteiger partial charge in [0, 0.05) is 20.3 Å². The van der Waals surface area contributed by atoms with E-state index in [-0.39, 0.29) is 0 Å². The van der Waals surface area contributed by atoms with Crippen LogP contribution in [0.5, 0.6) is 5.75 Å². The summed E-state index contributed by atoms with van der Waals surface area (Å²) in [7, 11) is 4.04. The molecule has 0 aliphatic rings. The Bertz CT molecular complexity index is 747. The number of rotatable bonds is 4. The maximum atomic E-state index is 5.95. The third-order valence-corrected chi connectivity index (χ3v) is 3.42. The molecule has 4 nitrogen and oxygen atoms in total. The van der Waals surface area contributed by atoms with Crippen molar-refractivity contribution in [3.8, 4) is 5.75 Å². The van der Waals surface area contributed by atoms with Gasteiger partial charge in [-0.25, -0.2) is 4.98 Å². The van der Waals surface area contributed by atoms with Gasteiger partial charge >= 0.3 is 0 Å². The monoisotopic (exact) mass is 281 g/mol. The van der Waals surface area contributed by atoms with Crippen molar-refractivity contribution in [2.75, 3.05) is 19.0 Å². The van der Waals surface area contributed by atoms with Crippen LogP contribution in [0.1, 0.15) is 11.3 Å². The van der Waals surface area contributed by atoms with E-state index in [1.165, 1.54) is 0 Å². The first-order valence-electron chi connectivity index (χ1n) is 6.98. The highest BCUT2D eigenvalue weighted by Crippen LogP contribution is 2.26. The first kappa shape index (κ1) is 13.5. The number of nitrogens with zero attached hydrogens (tertiary/aromatic N) is 3. The summed E-state index contributed by atoms with van der Waals surface area (Å²) >= 11 is 0. The van der Waals surface area contributed by atoms with Crippen molar-refractivity contribution < 1.29 is 4.74 Å². The van der Waals surface area contributed by atoms with Crippen LogP contribution >= 0.6 is 0 Å². The zero-order chi connectivity index (χ0) is 14.8. The van der Waals surface area contributed by atoms with Crippen LogP contribution in [0.25, 0.3) is 5.65 Å². The molecule has 0 fully saturated rings. The number of ether oxygens (including phenoxy) is 1. The lowest BCUT2D eigenvalue weighted by Gasteiger charge is -2.13. The topological polar surface area (TPSA) is 29.8 Å². The maximum absolute atomic E-state index is 5.95. The van der Waals surface area contributed by atoms with E-state index in [0.29, 0.717) is 6.61 Å². The van der Waals surface area contributed by atoms with Crippen molar-refractivity contribution in [3.05, 3.63) is 59.9 Å². The molecule has 0 amide bonds. The van der Waals surface area contributed by atoms with Crippen LogP contribution in [0.15, 0.2) is 48.7 Å². The van der Waals surface area contributed by atoms with Gasteiger partial charge in [0.2, 0.25) is 0 Å². The highest BCUT2D eigenvalue weighted by Gasteiger charge is 2.13. The Balaban J connectivity index is 1.94. The molecule has 2 aromatic heterocycles. The molecule has 0 spiro atoms. The van der Waals surface area contributed by atoms with Gasteiger partial charge in [-0.2, -0.15) is 0 Å². The SMILES string of the molecule is Cc1nc2c(OCc3ccccc3)cccn2c1N(C)C. The molecule has 2 heterocycles. The number of aromatic nitrogens is 2. The van der Waals surface area contributed by atoms with Crippen molar-refractivity contribution in [1.82, 2.24) is 9.38 Å². The minimum absolute atomic E-state index is 0.545. The van der Waals surface area contributed by atoms with Crippen molar-refractivity contribution >= 4 is 11.5 Å². The third-order valence-electron chi connectivity index (χ3n) is 3.42. The zero-order valence-corrected chi connectivity index (χ0v) is 12.6. The summed E-state index contributed by atoms with van der Waals surface area (Å²) in [5, 5.41) is 0. The van der Waals surface area contributed by atoms with Gasteiger partial charge in [-0.05, 0) is 24.6 Å². The number of benzene rings is 1. The van der Waals surface area contributed by atoms with E-state index in [4.69, 9.17) is 4.74 Å². The van der Waals surface area contributed by atoms with Crippen LogP contribution < -0.4 is 9.64 Å². The minimum Gasteiger partial charge on any atom is -0.485 e. The van der Waals surface area contributed by atoms with E-state index in [2.05, 4.69) is 26.4 Å². The summed E-state index contributed by atoms with van der Waals surface area (Å²) in [5.74, 6) is 1.88. The Labute approximate surface area is 124 Å². The first-order chi connectivity index (χ1) is 10.2. The third kappa shape index (κ3) is 2.57. The highest BCUT2D eigenvalue weighted by molar-refractivity contribution is 5.62. The van der Waals surface area contributed by atoms with E-state index in [1.54, 1.807) is 0 Å². The molecule has 0 N–H and O–H groups in total. The highest BCUT2D eigenvalue weighted by atomic mass is 16.5. The second kappa shape index (κ2) is 5.48. The van der Waals surface area contributed by atoms with Gasteiger partial charge in [0.05, 0.1) is 5.69 Å². The molecule has 0 radical (unpaired) electrons. The molecule has 3 rings (SSSR count). The smallest absolute Gasteiger partial charge is 0.181 e. The van der Waals surface area contributed by atoms with Gasteiger partial charge in [-0.1, -0.05) is 30.3 Å². The van der Waals surface area contributed by atoms with E-state index in [1.807, 2.05) is 57.5 Å². The maximum Gasteiger partial charge on any atom is 0.181 e. The zero-order valence-electron chi connectivity index (χ0n) is 12.6. The van der Waals surface area contributed by atoms with E-state index in [0.717, 1.165) is 28.5 Å². The van der Waals surface area contributed by atoms with E-state index < -0.39 is 0 Å². The molecule has 1 aromatic carbocycles. The summed E-state index contributed by atoms with van der Waals surface area (Å²) in [5.41, 5.74) is 3.00. The van der Waals surface area contributed by atoms with Gasteiger partial charge in [0.15, 0.2) is 11.4 Å². The van der Waals surface area contributed by atoms with Crippen LogP contribution in [0.4, 0.5) is 5.82 Å². The van der Waals surface area contributed by atoms with Gasteiger partial charge in [-0.15, -0.1) is 0 Å². The predicted molar refractivity (Wildman–Crippen MR) is 85.0 cm³/mol. The number of fused-ring (bicyclic) bond motifs is 1. The van der Waals surface area contributed by atoms with Crippen LogP contribution in [-0.2, 0) is 6.61 Å². The Morgan fingerprint density at radius 3 is 2.57 bits per heavy atom. The van der Waals surface area contributed by atoms with Crippen LogP contribution in [0.2, 0.25) is 0 Å². The molecule has 0 saturated carbocycles. The normalized spacial score (nSPS) is 10.8. The molecule has 0 aliphatic heterocycles. The molecule has 0 saturated heterocycles. The van der Waals surface area contributed by atoms with Crippen molar-refractivity contribution in [1.29, 1.82) is 0 Å². The van der Waals surface area contributed by atoms with Gasteiger partial charge in [0.1, 0.15) is 12.4 Å². The fraction of sp³-hybridized carbons (Fsp3) is 0.235. The van der Waals surface area contributed by atoms with Crippen molar-refractivity contribution in [3.63, 3.8) is 0 Å². The number of hydrogen-bond donors (Lipinski definition) is 0. The molecule has 0 aliphatic carbocycles.